The van der Waals surface area contributed by atoms with Crippen molar-refractivity contribution >= 4 is 11.4 Å². The molecule has 3 nitrogen and oxygen atoms in total. The minimum atomic E-state index is 0.266. The molecule has 1 fully saturated rings. The Bertz CT molecular complexity index is 643. The summed E-state index contributed by atoms with van der Waals surface area (Å²) in [6.07, 6.45) is 2.55. The molecule has 26 heavy (non-hydrogen) atoms. The van der Waals surface area contributed by atoms with E-state index in [2.05, 4.69) is 82.8 Å². The second-order valence-corrected chi connectivity index (χ2v) is 8.99. The van der Waals surface area contributed by atoms with E-state index < -0.39 is 0 Å². The zero-order chi connectivity index (χ0) is 19.5. The van der Waals surface area contributed by atoms with Gasteiger partial charge in [-0.3, -0.25) is 0 Å². The van der Waals surface area contributed by atoms with E-state index >= 15 is 0 Å². The van der Waals surface area contributed by atoms with Gasteiger partial charge in [0.1, 0.15) is 0 Å². The van der Waals surface area contributed by atoms with Crippen molar-refractivity contribution in [2.45, 2.75) is 66.0 Å². The lowest BCUT2D eigenvalue weighted by molar-refractivity contribution is 0.250. The summed E-state index contributed by atoms with van der Waals surface area (Å²) in [6, 6.07) is 8.54. The summed E-state index contributed by atoms with van der Waals surface area (Å²) < 4.78 is 0. The maximum absolute atomic E-state index is 4.10. The summed E-state index contributed by atoms with van der Waals surface area (Å²) in [5, 5.41) is 10.3. The molecule has 2 atom stereocenters. The van der Waals surface area contributed by atoms with Gasteiger partial charge in [0.25, 0.3) is 0 Å². The van der Waals surface area contributed by atoms with Crippen LogP contribution < -0.4 is 16.0 Å². The normalized spacial score (nSPS) is 24.0. The van der Waals surface area contributed by atoms with Crippen molar-refractivity contribution in [3.05, 3.63) is 48.8 Å². The molecule has 0 spiro atoms. The van der Waals surface area contributed by atoms with Crippen molar-refractivity contribution in [3.8, 4) is 0 Å². The quantitative estimate of drug-likeness (QED) is 0.609. The van der Waals surface area contributed by atoms with E-state index in [4.69, 9.17) is 0 Å². The molecule has 2 aliphatic rings. The Labute approximate surface area is 160 Å². The first kappa shape index (κ1) is 20.4. The first-order chi connectivity index (χ1) is 12.1. The van der Waals surface area contributed by atoms with Crippen LogP contribution in [0.2, 0.25) is 0 Å². The Morgan fingerprint density at radius 3 is 2.12 bits per heavy atom. The smallest absolute Gasteiger partial charge is 0.0680 e. The molecule has 3 rings (SSSR count). The zero-order valence-electron chi connectivity index (χ0n) is 17.4. The van der Waals surface area contributed by atoms with E-state index in [0.717, 1.165) is 17.3 Å². The predicted octanol–water partition coefficient (Wildman–Crippen LogP) is 6.00. The number of benzene rings is 1. The minimum absolute atomic E-state index is 0.266. The molecule has 2 aliphatic heterocycles. The number of fused-ring (bicyclic) bond motifs is 1. The van der Waals surface area contributed by atoms with Crippen LogP contribution in [0.1, 0.15) is 54.4 Å². The summed E-state index contributed by atoms with van der Waals surface area (Å²) in [6.45, 7) is 21.6. The highest BCUT2D eigenvalue weighted by Gasteiger charge is 2.30. The fraction of sp³-hybridized carbons (Fsp3) is 0.565. The maximum Gasteiger partial charge on any atom is 0.0680 e. The molecule has 0 radical (unpaired) electrons. The summed E-state index contributed by atoms with van der Waals surface area (Å²) in [7, 11) is 0. The molecule has 0 aliphatic carbocycles. The highest BCUT2D eigenvalue weighted by atomic mass is 15.1. The molecule has 1 aromatic rings. The number of para-hydroxylation sites is 2. The maximum atomic E-state index is 4.10. The monoisotopic (exact) mass is 355 g/mol. The second kappa shape index (κ2) is 8.20. The van der Waals surface area contributed by atoms with Gasteiger partial charge in [0.2, 0.25) is 0 Å². The zero-order valence-corrected chi connectivity index (χ0v) is 17.4. The van der Waals surface area contributed by atoms with Crippen LogP contribution in [0.5, 0.6) is 0 Å². The molecule has 2 heterocycles. The molecule has 0 aromatic heterocycles. The van der Waals surface area contributed by atoms with Crippen LogP contribution in [-0.4, -0.2) is 11.6 Å². The number of rotatable bonds is 2. The number of hydrogen-bond acceptors (Lipinski definition) is 3. The predicted molar refractivity (Wildman–Crippen MR) is 115 cm³/mol. The number of anilines is 2. The molecule has 0 bridgehead atoms. The Kier molecular flexibility index (Phi) is 6.44. The summed E-state index contributed by atoms with van der Waals surface area (Å²) in [5.41, 5.74) is 4.84. The summed E-state index contributed by atoms with van der Waals surface area (Å²) >= 11 is 0. The lowest BCUT2D eigenvalue weighted by Crippen LogP contribution is -2.45. The highest BCUT2D eigenvalue weighted by molar-refractivity contribution is 5.74. The molecule has 0 saturated carbocycles. The minimum Gasteiger partial charge on any atom is -0.384 e. The van der Waals surface area contributed by atoms with Crippen LogP contribution >= 0.6 is 0 Å². The van der Waals surface area contributed by atoms with Crippen LogP contribution in [0.4, 0.5) is 11.4 Å². The van der Waals surface area contributed by atoms with Gasteiger partial charge in [-0.2, -0.15) is 0 Å². The van der Waals surface area contributed by atoms with Gasteiger partial charge < -0.3 is 16.0 Å². The summed E-state index contributed by atoms with van der Waals surface area (Å²) in [5.74, 6) is 1.95. The average molecular weight is 356 g/mol. The van der Waals surface area contributed by atoms with Crippen molar-refractivity contribution in [2.24, 2.45) is 17.8 Å². The van der Waals surface area contributed by atoms with Crippen LogP contribution in [-0.2, 0) is 0 Å². The lowest BCUT2D eigenvalue weighted by atomic mass is 9.80. The molecule has 0 amide bonds. The molecule has 1 saturated heterocycles. The summed E-state index contributed by atoms with van der Waals surface area (Å²) in [4.78, 5) is 0. The van der Waals surface area contributed by atoms with Crippen molar-refractivity contribution < 1.29 is 0 Å². The van der Waals surface area contributed by atoms with Gasteiger partial charge in [0.15, 0.2) is 0 Å². The van der Waals surface area contributed by atoms with Gasteiger partial charge in [-0.1, -0.05) is 53.0 Å². The largest absolute Gasteiger partial charge is 0.384 e. The SMILES string of the molecule is C=C1NC(C)(C)CCC1C(C)C.C=C1Nc2ccccc2NC1C(C)C. The van der Waals surface area contributed by atoms with Gasteiger partial charge in [-0.25, -0.2) is 0 Å². The molecule has 3 heteroatoms. The fourth-order valence-electron chi connectivity index (χ4n) is 3.81. The number of allylic oxidation sites excluding steroid dienone is 1. The van der Waals surface area contributed by atoms with E-state index in [1.807, 2.05) is 12.1 Å². The fourth-order valence-corrected chi connectivity index (χ4v) is 3.81. The van der Waals surface area contributed by atoms with Gasteiger partial charge in [0, 0.05) is 22.9 Å². The van der Waals surface area contributed by atoms with Gasteiger partial charge in [-0.15, -0.1) is 0 Å². The van der Waals surface area contributed by atoms with Crippen LogP contribution in [0, 0.1) is 17.8 Å². The Morgan fingerprint density at radius 1 is 0.962 bits per heavy atom. The van der Waals surface area contributed by atoms with Crippen molar-refractivity contribution in [2.75, 3.05) is 10.6 Å². The van der Waals surface area contributed by atoms with Gasteiger partial charge in [-0.05, 0) is 50.7 Å². The van der Waals surface area contributed by atoms with Crippen molar-refractivity contribution in [1.82, 2.24) is 5.32 Å². The topological polar surface area (TPSA) is 36.1 Å². The third-order valence-corrected chi connectivity index (χ3v) is 5.41. The third kappa shape index (κ3) is 5.06. The number of piperidine rings is 1. The Hall–Kier alpha value is -1.90. The van der Waals surface area contributed by atoms with Crippen molar-refractivity contribution in [3.63, 3.8) is 0 Å². The Balaban J connectivity index is 0.000000190. The number of nitrogens with one attached hydrogen (secondary N) is 3. The Morgan fingerprint density at radius 2 is 1.58 bits per heavy atom. The molecule has 3 N–H and O–H groups in total. The average Bonchev–Trinajstić information content (AvgIpc) is 2.53. The van der Waals surface area contributed by atoms with Crippen molar-refractivity contribution in [1.29, 1.82) is 0 Å². The second-order valence-electron chi connectivity index (χ2n) is 8.99. The van der Waals surface area contributed by atoms with Gasteiger partial charge in [0.05, 0.1) is 17.4 Å². The van der Waals surface area contributed by atoms with E-state index in [1.54, 1.807) is 0 Å². The number of hydrogen-bond donors (Lipinski definition) is 3. The van der Waals surface area contributed by atoms with E-state index in [0.29, 0.717) is 17.9 Å². The first-order valence-corrected chi connectivity index (χ1v) is 9.89. The van der Waals surface area contributed by atoms with E-state index in [9.17, 15) is 0 Å². The van der Waals surface area contributed by atoms with Crippen LogP contribution in [0.3, 0.4) is 0 Å². The third-order valence-electron chi connectivity index (χ3n) is 5.41. The molecule has 144 valence electrons. The first-order valence-electron chi connectivity index (χ1n) is 9.89. The molecule has 1 aromatic carbocycles. The lowest BCUT2D eigenvalue weighted by Gasteiger charge is -2.40. The van der Waals surface area contributed by atoms with E-state index in [1.165, 1.54) is 24.2 Å². The standard InChI is InChI=1S/C12H16N2.C11H21N/c1-8(2)12-9(3)13-10-6-4-5-7-11(10)14-12;1-8(2)10-6-7-11(4,5)12-9(10)3/h4-8,12-14H,3H2,1-2H3;8,10,12H,3,6-7H2,1-2,4-5H3. The molecular formula is C23H37N3. The van der Waals surface area contributed by atoms with E-state index in [-0.39, 0.29) is 5.54 Å². The van der Waals surface area contributed by atoms with Crippen LogP contribution in [0.25, 0.3) is 0 Å². The molecular weight excluding hydrogens is 318 g/mol. The molecule has 2 unspecified atom stereocenters. The van der Waals surface area contributed by atoms with Gasteiger partial charge >= 0.3 is 0 Å². The highest BCUT2D eigenvalue weighted by Crippen LogP contribution is 2.32. The van der Waals surface area contributed by atoms with Crippen LogP contribution in [0.15, 0.2) is 48.8 Å².